The fourth-order valence-electron chi connectivity index (χ4n) is 1.18. The third kappa shape index (κ3) is 3.52. The van der Waals surface area contributed by atoms with Gasteiger partial charge in [0.05, 0.1) is 18.2 Å². The molecule has 0 N–H and O–H groups in total. The third-order valence-electron chi connectivity index (χ3n) is 1.84. The van der Waals surface area contributed by atoms with E-state index in [4.69, 9.17) is 5.26 Å². The van der Waals surface area contributed by atoms with Gasteiger partial charge in [0.15, 0.2) is 0 Å². The molecule has 3 nitrogen and oxygen atoms in total. The molecule has 0 aromatic heterocycles. The number of thioether (sulfide) groups is 1. The predicted octanol–water partition coefficient (Wildman–Crippen LogP) is 3.56. The zero-order chi connectivity index (χ0) is 13.9. The van der Waals surface area contributed by atoms with Crippen molar-refractivity contribution in [1.29, 1.82) is 5.26 Å². The number of halogens is 4. The van der Waals surface area contributed by atoms with Crippen LogP contribution in [0.3, 0.4) is 0 Å². The Morgan fingerprint density at radius 2 is 2.11 bits per heavy atom. The molecule has 0 saturated heterocycles. The van der Waals surface area contributed by atoms with Gasteiger partial charge in [-0.25, -0.2) is 4.79 Å². The van der Waals surface area contributed by atoms with Crippen molar-refractivity contribution in [2.24, 2.45) is 0 Å². The van der Waals surface area contributed by atoms with Crippen LogP contribution in [-0.4, -0.2) is 18.6 Å². The first kappa shape index (κ1) is 15.1. The fraction of sp³-hybridized carbons (Fsp3) is 0.200. The van der Waals surface area contributed by atoms with Crippen molar-refractivity contribution in [3.05, 3.63) is 26.8 Å². The molecule has 0 aliphatic carbocycles. The molecule has 0 radical (unpaired) electrons. The summed E-state index contributed by atoms with van der Waals surface area (Å²) < 4.78 is 41.7. The average Bonchev–Trinajstić information content (AvgIpc) is 2.28. The van der Waals surface area contributed by atoms with Crippen LogP contribution >= 0.6 is 34.4 Å². The lowest BCUT2D eigenvalue weighted by atomic mass is 10.1. The Bertz CT molecular complexity index is 525. The summed E-state index contributed by atoms with van der Waals surface area (Å²) in [5.74, 6) is -0.833. The van der Waals surface area contributed by atoms with Gasteiger partial charge in [0.2, 0.25) is 0 Å². The van der Waals surface area contributed by atoms with Gasteiger partial charge in [-0.3, -0.25) is 0 Å². The van der Waals surface area contributed by atoms with Crippen molar-refractivity contribution in [3.8, 4) is 6.07 Å². The van der Waals surface area contributed by atoms with Gasteiger partial charge < -0.3 is 4.74 Å². The maximum absolute atomic E-state index is 12.3. The number of carbonyl (C=O) groups excluding carboxylic acids is 1. The standard InChI is InChI=1S/C10H5F3INO2S/c1-17-9(16)8-5(4-15)7(3-2-6(8)14)18-10(11,12)13/h2-3H,1H3. The van der Waals surface area contributed by atoms with Crippen molar-refractivity contribution in [2.75, 3.05) is 7.11 Å². The van der Waals surface area contributed by atoms with E-state index >= 15 is 0 Å². The van der Waals surface area contributed by atoms with E-state index in [0.717, 1.165) is 13.2 Å². The Morgan fingerprint density at radius 3 is 2.56 bits per heavy atom. The zero-order valence-electron chi connectivity index (χ0n) is 8.84. The summed E-state index contributed by atoms with van der Waals surface area (Å²) in [4.78, 5) is 11.1. The fourth-order valence-corrected chi connectivity index (χ4v) is 2.49. The number of nitrogens with zero attached hydrogens (tertiary/aromatic N) is 1. The molecule has 0 unspecified atom stereocenters. The predicted molar refractivity (Wildman–Crippen MR) is 67.1 cm³/mol. The summed E-state index contributed by atoms with van der Waals surface area (Å²) >= 11 is 1.33. The summed E-state index contributed by atoms with van der Waals surface area (Å²) in [5.41, 5.74) is -4.99. The third-order valence-corrected chi connectivity index (χ3v) is 3.53. The Labute approximate surface area is 118 Å². The number of alkyl halides is 3. The molecule has 0 fully saturated rings. The lowest BCUT2D eigenvalue weighted by Crippen LogP contribution is -2.09. The highest BCUT2D eigenvalue weighted by Gasteiger charge is 2.32. The summed E-state index contributed by atoms with van der Waals surface area (Å²) in [6.07, 6.45) is 0. The number of esters is 1. The van der Waals surface area contributed by atoms with Crippen molar-refractivity contribution < 1.29 is 22.7 Å². The molecule has 1 rings (SSSR count). The highest BCUT2D eigenvalue weighted by molar-refractivity contribution is 14.1. The average molecular weight is 387 g/mol. The minimum Gasteiger partial charge on any atom is -0.465 e. The molecule has 0 aliphatic rings. The Balaban J connectivity index is 3.40. The van der Waals surface area contributed by atoms with Gasteiger partial charge in [-0.05, 0) is 46.5 Å². The number of methoxy groups -OCH3 is 1. The van der Waals surface area contributed by atoms with Gasteiger partial charge in [-0.2, -0.15) is 18.4 Å². The molecule has 0 heterocycles. The van der Waals surface area contributed by atoms with Gasteiger partial charge in [0.1, 0.15) is 6.07 Å². The molecule has 0 spiro atoms. The zero-order valence-corrected chi connectivity index (χ0v) is 11.8. The van der Waals surface area contributed by atoms with Crippen molar-refractivity contribution in [2.45, 2.75) is 10.4 Å². The molecule has 96 valence electrons. The van der Waals surface area contributed by atoms with Crippen LogP contribution in [0.4, 0.5) is 13.2 Å². The van der Waals surface area contributed by atoms with Crippen LogP contribution in [0.25, 0.3) is 0 Å². The largest absolute Gasteiger partial charge is 0.465 e. The van der Waals surface area contributed by atoms with E-state index in [1.807, 2.05) is 0 Å². The molecular formula is C10H5F3INO2S. The van der Waals surface area contributed by atoms with Crippen LogP contribution in [-0.2, 0) is 4.74 Å². The van der Waals surface area contributed by atoms with E-state index in [2.05, 4.69) is 4.74 Å². The van der Waals surface area contributed by atoms with Crippen molar-refractivity contribution in [3.63, 3.8) is 0 Å². The molecule has 0 atom stereocenters. The van der Waals surface area contributed by atoms with E-state index in [9.17, 15) is 18.0 Å². The topological polar surface area (TPSA) is 50.1 Å². The normalized spacial score (nSPS) is 10.9. The van der Waals surface area contributed by atoms with Crippen molar-refractivity contribution in [1.82, 2.24) is 0 Å². The first-order valence-corrected chi connectivity index (χ1v) is 6.26. The van der Waals surface area contributed by atoms with Crippen LogP contribution < -0.4 is 0 Å². The van der Waals surface area contributed by atoms with Crippen molar-refractivity contribution >= 4 is 40.3 Å². The van der Waals surface area contributed by atoms with Gasteiger partial charge in [-0.1, -0.05) is 0 Å². The van der Waals surface area contributed by atoms with Gasteiger partial charge >= 0.3 is 11.5 Å². The smallest absolute Gasteiger partial charge is 0.446 e. The van der Waals surface area contributed by atoms with E-state index in [1.54, 1.807) is 28.7 Å². The molecule has 0 amide bonds. The molecule has 0 bridgehead atoms. The monoisotopic (exact) mass is 387 g/mol. The minimum absolute atomic E-state index is 0.144. The molecule has 8 heteroatoms. The first-order valence-electron chi connectivity index (χ1n) is 4.36. The second-order valence-electron chi connectivity index (χ2n) is 2.95. The van der Waals surface area contributed by atoms with Crippen LogP contribution in [0, 0.1) is 14.9 Å². The molecule has 18 heavy (non-hydrogen) atoms. The molecule has 1 aromatic carbocycles. The summed E-state index contributed by atoms with van der Waals surface area (Å²) in [5, 5.41) is 8.92. The van der Waals surface area contributed by atoms with E-state index in [0.29, 0.717) is 3.57 Å². The second-order valence-corrected chi connectivity index (χ2v) is 5.22. The Kier molecular flexibility index (Phi) is 4.86. The van der Waals surface area contributed by atoms with Gasteiger partial charge in [0, 0.05) is 8.47 Å². The van der Waals surface area contributed by atoms with Crippen LogP contribution in [0.1, 0.15) is 15.9 Å². The maximum Gasteiger partial charge on any atom is 0.446 e. The Morgan fingerprint density at radius 1 is 1.50 bits per heavy atom. The Hall–Kier alpha value is -0.950. The maximum atomic E-state index is 12.3. The van der Waals surface area contributed by atoms with Crippen LogP contribution in [0.2, 0.25) is 0 Å². The first-order chi connectivity index (χ1) is 8.30. The van der Waals surface area contributed by atoms with Gasteiger partial charge in [0.25, 0.3) is 0 Å². The number of benzene rings is 1. The number of rotatable bonds is 2. The van der Waals surface area contributed by atoms with Crippen LogP contribution in [0.15, 0.2) is 17.0 Å². The van der Waals surface area contributed by atoms with Gasteiger partial charge in [-0.15, -0.1) is 0 Å². The molecule has 1 aromatic rings. The number of hydrogen-bond acceptors (Lipinski definition) is 4. The minimum atomic E-state index is -4.52. The van der Waals surface area contributed by atoms with E-state index < -0.39 is 23.2 Å². The number of carbonyl (C=O) groups is 1. The van der Waals surface area contributed by atoms with E-state index in [1.165, 1.54) is 6.07 Å². The SMILES string of the molecule is COC(=O)c1c(I)ccc(SC(F)(F)F)c1C#N. The molecule has 0 saturated carbocycles. The van der Waals surface area contributed by atoms with E-state index in [-0.39, 0.29) is 16.0 Å². The highest BCUT2D eigenvalue weighted by atomic mass is 127. The number of hydrogen-bond donors (Lipinski definition) is 0. The quantitative estimate of drug-likeness (QED) is 0.443. The lowest BCUT2D eigenvalue weighted by molar-refractivity contribution is -0.0328. The lowest BCUT2D eigenvalue weighted by Gasteiger charge is -2.11. The summed E-state index contributed by atoms with van der Waals surface area (Å²) in [6.45, 7) is 0. The number of nitriles is 1. The molecular weight excluding hydrogens is 382 g/mol. The summed E-state index contributed by atoms with van der Waals surface area (Å²) in [7, 11) is 1.10. The summed E-state index contributed by atoms with van der Waals surface area (Å²) in [6, 6.07) is 4.11. The van der Waals surface area contributed by atoms with Crippen LogP contribution in [0.5, 0.6) is 0 Å². The molecule has 0 aliphatic heterocycles. The number of ether oxygens (including phenoxy) is 1. The highest BCUT2D eigenvalue weighted by Crippen LogP contribution is 2.40. The second kappa shape index (κ2) is 5.79.